The number of aryl methyl sites for hydroxylation is 1. The van der Waals surface area contributed by atoms with Crippen LogP contribution in [0.3, 0.4) is 0 Å². The van der Waals surface area contributed by atoms with Gasteiger partial charge in [0.2, 0.25) is 0 Å². The first-order valence-electron chi connectivity index (χ1n) is 11.2. The van der Waals surface area contributed by atoms with Gasteiger partial charge in [0.1, 0.15) is 0 Å². The Labute approximate surface area is 164 Å². The van der Waals surface area contributed by atoms with E-state index in [4.69, 9.17) is 0 Å². The highest BCUT2D eigenvalue weighted by atomic mass is 19.2. The van der Waals surface area contributed by atoms with Crippen LogP contribution in [0.5, 0.6) is 0 Å². The minimum atomic E-state index is -0.740. The molecular weight excluding hydrogens is 338 g/mol. The minimum absolute atomic E-state index is 0.711. The Hall–Kier alpha value is -1.18. The topological polar surface area (TPSA) is 0 Å². The third-order valence-electron chi connectivity index (χ3n) is 7.25. The van der Waals surface area contributed by atoms with Gasteiger partial charge in [-0.2, -0.15) is 0 Å². The van der Waals surface area contributed by atoms with E-state index < -0.39 is 11.6 Å². The first-order valence-corrected chi connectivity index (χ1v) is 11.2. The molecule has 150 valence electrons. The lowest BCUT2D eigenvalue weighted by molar-refractivity contribution is 0.141. The maximum atomic E-state index is 13.3. The van der Waals surface area contributed by atoms with Crippen LogP contribution in [-0.2, 0) is 6.42 Å². The van der Waals surface area contributed by atoms with Gasteiger partial charge in [-0.1, -0.05) is 43.9 Å². The van der Waals surface area contributed by atoms with Crippen molar-refractivity contribution in [3.05, 3.63) is 47.5 Å². The molecule has 2 heteroatoms. The van der Waals surface area contributed by atoms with Crippen LogP contribution in [0.2, 0.25) is 0 Å². The van der Waals surface area contributed by atoms with E-state index in [0.717, 1.165) is 42.1 Å². The molecule has 27 heavy (non-hydrogen) atoms. The average Bonchev–Trinajstić information content (AvgIpc) is 2.70. The van der Waals surface area contributed by atoms with E-state index in [-0.39, 0.29) is 0 Å². The van der Waals surface area contributed by atoms with Crippen molar-refractivity contribution in [1.82, 2.24) is 0 Å². The number of rotatable bonds is 7. The van der Waals surface area contributed by atoms with E-state index >= 15 is 0 Å². The Kier molecular flexibility index (Phi) is 7.91. The summed E-state index contributed by atoms with van der Waals surface area (Å²) in [6.45, 7) is 2.12. The van der Waals surface area contributed by atoms with Gasteiger partial charge in [0.25, 0.3) is 0 Å². The van der Waals surface area contributed by atoms with Gasteiger partial charge >= 0.3 is 0 Å². The third kappa shape index (κ3) is 6.16. The van der Waals surface area contributed by atoms with E-state index in [9.17, 15) is 8.78 Å². The summed E-state index contributed by atoms with van der Waals surface area (Å²) in [5.41, 5.74) is 0.937. The Morgan fingerprint density at radius 1 is 0.815 bits per heavy atom. The highest BCUT2D eigenvalue weighted by molar-refractivity contribution is 5.17. The van der Waals surface area contributed by atoms with Crippen molar-refractivity contribution < 1.29 is 8.78 Å². The predicted octanol–water partition coefficient (Wildman–Crippen LogP) is 7.87. The van der Waals surface area contributed by atoms with E-state index in [0.29, 0.717) is 0 Å². The average molecular weight is 375 g/mol. The molecule has 1 aromatic rings. The molecule has 2 saturated carbocycles. The van der Waals surface area contributed by atoms with Crippen molar-refractivity contribution in [2.24, 2.45) is 23.7 Å². The van der Waals surface area contributed by atoms with Gasteiger partial charge in [-0.15, -0.1) is 0 Å². The molecule has 0 aromatic heterocycles. The molecule has 0 unspecified atom stereocenters. The van der Waals surface area contributed by atoms with Crippen LogP contribution in [-0.4, -0.2) is 0 Å². The third-order valence-corrected chi connectivity index (χ3v) is 7.25. The van der Waals surface area contributed by atoms with Crippen molar-refractivity contribution >= 4 is 0 Å². The fourth-order valence-corrected chi connectivity index (χ4v) is 5.46. The molecule has 0 radical (unpaired) electrons. The van der Waals surface area contributed by atoms with Gasteiger partial charge in [0, 0.05) is 0 Å². The molecule has 3 rings (SSSR count). The van der Waals surface area contributed by atoms with Crippen LogP contribution in [0.15, 0.2) is 30.4 Å². The molecule has 0 heterocycles. The second-order valence-corrected chi connectivity index (χ2v) is 9.00. The van der Waals surface area contributed by atoms with Crippen molar-refractivity contribution in [2.75, 3.05) is 0 Å². The van der Waals surface area contributed by atoms with E-state index in [1.165, 1.54) is 76.3 Å². The number of hydrogen-bond acceptors (Lipinski definition) is 0. The minimum Gasteiger partial charge on any atom is -0.204 e. The van der Waals surface area contributed by atoms with Crippen molar-refractivity contribution in [1.29, 1.82) is 0 Å². The molecule has 2 fully saturated rings. The Bertz CT molecular complexity index is 590. The van der Waals surface area contributed by atoms with E-state index in [2.05, 4.69) is 19.1 Å². The van der Waals surface area contributed by atoms with Crippen LogP contribution >= 0.6 is 0 Å². The van der Waals surface area contributed by atoms with Gasteiger partial charge in [0.05, 0.1) is 0 Å². The van der Waals surface area contributed by atoms with Gasteiger partial charge < -0.3 is 0 Å². The molecule has 2 aliphatic rings. The van der Waals surface area contributed by atoms with Crippen LogP contribution in [0.4, 0.5) is 8.78 Å². The van der Waals surface area contributed by atoms with Crippen molar-refractivity contribution in [3.63, 3.8) is 0 Å². The summed E-state index contributed by atoms with van der Waals surface area (Å²) in [6.07, 6.45) is 20.3. The monoisotopic (exact) mass is 374 g/mol. The van der Waals surface area contributed by atoms with Crippen molar-refractivity contribution in [3.8, 4) is 0 Å². The molecule has 0 aliphatic heterocycles. The molecule has 1 aromatic carbocycles. The summed E-state index contributed by atoms with van der Waals surface area (Å²) in [5.74, 6) is 2.20. The van der Waals surface area contributed by atoms with Gasteiger partial charge in [0.15, 0.2) is 11.6 Å². The molecule has 0 saturated heterocycles. The molecule has 2 aliphatic carbocycles. The molecule has 0 spiro atoms. The highest BCUT2D eigenvalue weighted by Gasteiger charge is 2.30. The van der Waals surface area contributed by atoms with Crippen LogP contribution in [0.1, 0.15) is 83.1 Å². The van der Waals surface area contributed by atoms with Crippen LogP contribution in [0.25, 0.3) is 0 Å². The largest absolute Gasteiger partial charge is 0.204 e. The zero-order chi connectivity index (χ0) is 19.1. The smallest absolute Gasteiger partial charge is 0.159 e. The molecular formula is C25H36F2. The zero-order valence-corrected chi connectivity index (χ0v) is 16.9. The summed E-state index contributed by atoms with van der Waals surface area (Å²) in [4.78, 5) is 0. The van der Waals surface area contributed by atoms with Gasteiger partial charge in [-0.05, 0) is 99.7 Å². The fourth-order valence-electron chi connectivity index (χ4n) is 5.46. The Morgan fingerprint density at radius 2 is 1.41 bits per heavy atom. The lowest BCUT2D eigenvalue weighted by atomic mass is 9.68. The first-order chi connectivity index (χ1) is 13.2. The maximum Gasteiger partial charge on any atom is 0.159 e. The summed E-state index contributed by atoms with van der Waals surface area (Å²) in [7, 11) is 0. The number of halogens is 2. The number of allylic oxidation sites excluding steroid dienone is 2. The first kappa shape index (κ1) is 20.6. The summed E-state index contributed by atoms with van der Waals surface area (Å²) >= 11 is 0. The molecule has 0 nitrogen and oxygen atoms in total. The SMILES string of the molecule is C/C=C/CC[C@H]1CC[C@H](C2CCC(CCc3ccc(F)c(F)c3)CC2)CC1. The molecule has 0 N–H and O–H groups in total. The Balaban J connectivity index is 1.35. The standard InChI is InChI=1S/C25H36F2/c1-2-3-4-5-19-8-13-22(14-9-19)23-15-10-20(11-16-23)6-7-21-12-17-24(26)25(27)18-21/h2-3,12,17-20,22-23H,4-11,13-16H2,1H3/b3-2+/t19-,20?,22-,23?. The van der Waals surface area contributed by atoms with Crippen molar-refractivity contribution in [2.45, 2.75) is 84.0 Å². The summed E-state index contributed by atoms with van der Waals surface area (Å²) in [5, 5.41) is 0. The molecule has 0 atom stereocenters. The quantitative estimate of drug-likeness (QED) is 0.426. The highest BCUT2D eigenvalue weighted by Crippen LogP contribution is 2.43. The lowest BCUT2D eigenvalue weighted by Crippen LogP contribution is -2.26. The summed E-state index contributed by atoms with van der Waals surface area (Å²) in [6, 6.07) is 4.37. The lowest BCUT2D eigenvalue weighted by Gasteiger charge is -2.38. The maximum absolute atomic E-state index is 13.3. The fraction of sp³-hybridized carbons (Fsp3) is 0.680. The number of benzene rings is 1. The van der Waals surface area contributed by atoms with E-state index in [1.807, 2.05) is 0 Å². The van der Waals surface area contributed by atoms with E-state index in [1.54, 1.807) is 6.07 Å². The second-order valence-electron chi connectivity index (χ2n) is 9.00. The molecule has 0 amide bonds. The Morgan fingerprint density at radius 3 is 1.96 bits per heavy atom. The van der Waals surface area contributed by atoms with Crippen LogP contribution < -0.4 is 0 Å². The number of hydrogen-bond donors (Lipinski definition) is 0. The molecule has 0 bridgehead atoms. The predicted molar refractivity (Wildman–Crippen MR) is 110 cm³/mol. The second kappa shape index (κ2) is 10.4. The normalized spacial score (nSPS) is 29.3. The van der Waals surface area contributed by atoms with Gasteiger partial charge in [-0.25, -0.2) is 8.78 Å². The summed E-state index contributed by atoms with van der Waals surface area (Å²) < 4.78 is 26.4. The van der Waals surface area contributed by atoms with Gasteiger partial charge in [-0.3, -0.25) is 0 Å². The zero-order valence-electron chi connectivity index (χ0n) is 16.9. The van der Waals surface area contributed by atoms with Crippen LogP contribution in [0, 0.1) is 35.3 Å².